The quantitative estimate of drug-likeness (QED) is 0.682. The van der Waals surface area contributed by atoms with Crippen molar-refractivity contribution < 1.29 is 4.42 Å². The van der Waals surface area contributed by atoms with Gasteiger partial charge in [0.25, 0.3) is 5.35 Å². The van der Waals surface area contributed by atoms with Gasteiger partial charge in [-0.3, -0.25) is 0 Å². The number of halogens is 1. The van der Waals surface area contributed by atoms with Crippen molar-refractivity contribution in [2.24, 2.45) is 0 Å². The lowest BCUT2D eigenvalue weighted by atomic mass is 10.0. The molecule has 4 nitrogen and oxygen atoms in total. The summed E-state index contributed by atoms with van der Waals surface area (Å²) >= 11 is 5.72. The van der Waals surface area contributed by atoms with Crippen LogP contribution < -0.4 is 0 Å². The first-order valence-corrected chi connectivity index (χ1v) is 7.25. The number of aromatic nitrogens is 3. The molecule has 1 aliphatic rings. The van der Waals surface area contributed by atoms with Crippen LogP contribution >= 0.6 is 11.6 Å². The van der Waals surface area contributed by atoms with Crippen molar-refractivity contribution in [1.82, 2.24) is 15.2 Å². The monoisotopic (exact) mass is 297 g/mol. The Labute approximate surface area is 126 Å². The summed E-state index contributed by atoms with van der Waals surface area (Å²) < 4.78 is 5.31. The van der Waals surface area contributed by atoms with Crippen molar-refractivity contribution in [2.45, 2.75) is 19.3 Å². The van der Waals surface area contributed by atoms with Gasteiger partial charge in [0, 0.05) is 5.56 Å². The SMILES string of the molecule is Clc1ncc(-c2cc3c(nn2)-c2ccccc2CCC3)o1. The summed E-state index contributed by atoms with van der Waals surface area (Å²) in [7, 11) is 0. The smallest absolute Gasteiger partial charge is 0.292 e. The lowest BCUT2D eigenvalue weighted by molar-refractivity contribution is 0.571. The topological polar surface area (TPSA) is 51.8 Å². The first kappa shape index (κ1) is 12.5. The molecule has 0 saturated carbocycles. The molecule has 0 unspecified atom stereocenters. The van der Waals surface area contributed by atoms with E-state index in [0.717, 1.165) is 25.0 Å². The van der Waals surface area contributed by atoms with E-state index in [-0.39, 0.29) is 5.35 Å². The van der Waals surface area contributed by atoms with Crippen LogP contribution in [-0.4, -0.2) is 15.2 Å². The van der Waals surface area contributed by atoms with E-state index in [9.17, 15) is 0 Å². The maximum atomic E-state index is 5.72. The fourth-order valence-electron chi connectivity index (χ4n) is 2.78. The zero-order chi connectivity index (χ0) is 14.2. The summed E-state index contributed by atoms with van der Waals surface area (Å²) in [5.74, 6) is 0.549. The van der Waals surface area contributed by atoms with Crippen LogP contribution in [0.15, 0.2) is 40.9 Å². The molecule has 0 aliphatic heterocycles. The van der Waals surface area contributed by atoms with Gasteiger partial charge in [-0.25, -0.2) is 4.98 Å². The van der Waals surface area contributed by atoms with Crippen LogP contribution in [0.1, 0.15) is 17.5 Å². The molecular weight excluding hydrogens is 286 g/mol. The van der Waals surface area contributed by atoms with E-state index < -0.39 is 0 Å². The van der Waals surface area contributed by atoms with Crippen molar-refractivity contribution >= 4 is 11.6 Å². The molecule has 0 amide bonds. The summed E-state index contributed by atoms with van der Waals surface area (Å²) in [6.07, 6.45) is 4.72. The van der Waals surface area contributed by atoms with Gasteiger partial charge in [0.05, 0.1) is 11.9 Å². The Bertz CT molecular complexity index is 813. The van der Waals surface area contributed by atoms with Crippen LogP contribution in [-0.2, 0) is 12.8 Å². The third-order valence-electron chi connectivity index (χ3n) is 3.77. The minimum atomic E-state index is 0.118. The summed E-state index contributed by atoms with van der Waals surface area (Å²) in [5.41, 5.74) is 5.35. The third-order valence-corrected chi connectivity index (χ3v) is 3.94. The minimum Gasteiger partial charge on any atom is -0.426 e. The molecule has 5 heteroatoms. The number of benzene rings is 1. The molecule has 0 atom stereocenters. The van der Waals surface area contributed by atoms with E-state index in [0.29, 0.717) is 11.5 Å². The van der Waals surface area contributed by atoms with Crippen molar-refractivity contribution in [2.75, 3.05) is 0 Å². The van der Waals surface area contributed by atoms with Crippen molar-refractivity contribution in [3.05, 3.63) is 53.0 Å². The molecule has 2 aromatic heterocycles. The fraction of sp³-hybridized carbons (Fsp3) is 0.188. The minimum absolute atomic E-state index is 0.118. The molecule has 4 rings (SSSR count). The number of hydrogen-bond acceptors (Lipinski definition) is 4. The highest BCUT2D eigenvalue weighted by Gasteiger charge is 2.18. The average molecular weight is 298 g/mol. The van der Waals surface area contributed by atoms with Crippen molar-refractivity contribution in [1.29, 1.82) is 0 Å². The van der Waals surface area contributed by atoms with E-state index in [1.165, 1.54) is 16.7 Å². The maximum Gasteiger partial charge on any atom is 0.292 e. The lowest BCUT2D eigenvalue weighted by Gasteiger charge is -2.07. The Morgan fingerprint density at radius 2 is 1.90 bits per heavy atom. The fourth-order valence-corrected chi connectivity index (χ4v) is 2.91. The highest BCUT2D eigenvalue weighted by molar-refractivity contribution is 6.27. The molecule has 0 spiro atoms. The molecule has 0 bridgehead atoms. The zero-order valence-electron chi connectivity index (χ0n) is 11.2. The molecule has 1 aliphatic carbocycles. The summed E-state index contributed by atoms with van der Waals surface area (Å²) in [5, 5.41) is 8.82. The normalized spacial score (nSPS) is 13.4. The van der Waals surface area contributed by atoms with Crippen LogP contribution in [0, 0.1) is 0 Å². The van der Waals surface area contributed by atoms with Crippen LogP contribution in [0.3, 0.4) is 0 Å². The first-order valence-electron chi connectivity index (χ1n) is 6.88. The molecule has 1 aromatic carbocycles. The number of aryl methyl sites for hydroxylation is 2. The molecule has 3 aromatic rings. The highest BCUT2D eigenvalue weighted by Crippen LogP contribution is 2.32. The largest absolute Gasteiger partial charge is 0.426 e. The van der Waals surface area contributed by atoms with E-state index >= 15 is 0 Å². The summed E-state index contributed by atoms with van der Waals surface area (Å²) in [6, 6.07) is 10.4. The van der Waals surface area contributed by atoms with E-state index in [1.807, 2.05) is 12.1 Å². The van der Waals surface area contributed by atoms with Gasteiger partial charge in [-0.15, -0.1) is 10.2 Å². The van der Waals surface area contributed by atoms with Gasteiger partial charge in [-0.05, 0) is 48.1 Å². The maximum absolute atomic E-state index is 5.72. The molecule has 2 heterocycles. The van der Waals surface area contributed by atoms with Crippen LogP contribution in [0.4, 0.5) is 0 Å². The van der Waals surface area contributed by atoms with Crippen LogP contribution in [0.2, 0.25) is 5.35 Å². The molecule has 0 fully saturated rings. The van der Waals surface area contributed by atoms with E-state index in [1.54, 1.807) is 6.20 Å². The highest BCUT2D eigenvalue weighted by atomic mass is 35.5. The van der Waals surface area contributed by atoms with Gasteiger partial charge in [-0.1, -0.05) is 24.3 Å². The second-order valence-electron chi connectivity index (χ2n) is 5.09. The summed E-state index contributed by atoms with van der Waals surface area (Å²) in [4.78, 5) is 3.89. The Balaban J connectivity index is 1.85. The molecular formula is C16H12ClN3O. The van der Waals surface area contributed by atoms with Gasteiger partial charge >= 0.3 is 0 Å². The second-order valence-corrected chi connectivity index (χ2v) is 5.41. The molecule has 0 saturated heterocycles. The van der Waals surface area contributed by atoms with Crippen LogP contribution in [0.5, 0.6) is 0 Å². The predicted molar refractivity (Wildman–Crippen MR) is 80.0 cm³/mol. The van der Waals surface area contributed by atoms with Gasteiger partial charge in [0.2, 0.25) is 0 Å². The number of nitrogens with zero attached hydrogens (tertiary/aromatic N) is 3. The molecule has 104 valence electrons. The Hall–Kier alpha value is -2.20. The zero-order valence-corrected chi connectivity index (χ0v) is 12.0. The van der Waals surface area contributed by atoms with Gasteiger partial charge in [0.1, 0.15) is 5.69 Å². The number of rotatable bonds is 1. The molecule has 21 heavy (non-hydrogen) atoms. The molecule has 0 radical (unpaired) electrons. The standard InChI is InChI=1S/C16H12ClN3O/c17-16-18-9-14(21-16)13-8-11-6-3-5-10-4-1-2-7-12(10)15(11)20-19-13/h1-2,4,7-9H,3,5-6H2. The summed E-state index contributed by atoms with van der Waals surface area (Å²) in [6.45, 7) is 0. The lowest BCUT2D eigenvalue weighted by Crippen LogP contribution is -1.97. The second kappa shape index (κ2) is 4.97. The van der Waals surface area contributed by atoms with E-state index in [4.69, 9.17) is 16.0 Å². The number of fused-ring (bicyclic) bond motifs is 3. The number of hydrogen-bond donors (Lipinski definition) is 0. The van der Waals surface area contributed by atoms with Gasteiger partial charge < -0.3 is 4.42 Å². The van der Waals surface area contributed by atoms with Crippen molar-refractivity contribution in [3.63, 3.8) is 0 Å². The Morgan fingerprint density at radius 1 is 1.05 bits per heavy atom. The van der Waals surface area contributed by atoms with Gasteiger partial charge in [-0.2, -0.15) is 0 Å². The molecule has 0 N–H and O–H groups in total. The predicted octanol–water partition coefficient (Wildman–Crippen LogP) is 3.94. The number of oxazole rings is 1. The Kier molecular flexibility index (Phi) is 2.97. The van der Waals surface area contributed by atoms with Crippen LogP contribution in [0.25, 0.3) is 22.7 Å². The van der Waals surface area contributed by atoms with E-state index in [2.05, 4.69) is 33.4 Å². The average Bonchev–Trinajstić information content (AvgIpc) is 2.86. The first-order chi connectivity index (χ1) is 10.3. The van der Waals surface area contributed by atoms with Crippen molar-refractivity contribution in [3.8, 4) is 22.7 Å². The van der Waals surface area contributed by atoms with Gasteiger partial charge in [0.15, 0.2) is 5.76 Å². The Morgan fingerprint density at radius 3 is 2.76 bits per heavy atom. The third kappa shape index (κ3) is 2.21.